The lowest BCUT2D eigenvalue weighted by molar-refractivity contribution is 0.388. The van der Waals surface area contributed by atoms with Gasteiger partial charge in [0.05, 0.1) is 6.33 Å². The smallest absolute Gasteiger partial charge is 0.262 e. The average molecular weight is 388 g/mol. The van der Waals surface area contributed by atoms with Crippen LogP contribution in [0.3, 0.4) is 0 Å². The van der Waals surface area contributed by atoms with Gasteiger partial charge in [0.15, 0.2) is 5.03 Å². The number of benzene rings is 1. The van der Waals surface area contributed by atoms with E-state index < -0.39 is 15.8 Å². The van der Waals surface area contributed by atoms with E-state index in [0.29, 0.717) is 12.1 Å². The van der Waals surface area contributed by atoms with Gasteiger partial charge in [-0.2, -0.15) is 4.31 Å². The van der Waals surface area contributed by atoms with Gasteiger partial charge in [-0.05, 0) is 41.8 Å². The summed E-state index contributed by atoms with van der Waals surface area (Å²) in [6.07, 6.45) is 4.98. The Hall–Kier alpha value is -2.78. The number of aromatic nitrogens is 3. The molecule has 0 unspecified atom stereocenters. The van der Waals surface area contributed by atoms with E-state index in [-0.39, 0.29) is 23.7 Å². The molecular weight excluding hydrogens is 371 g/mol. The minimum Gasteiger partial charge on any atom is -0.339 e. The maximum Gasteiger partial charge on any atom is 0.262 e. The maximum absolute atomic E-state index is 13.2. The van der Waals surface area contributed by atoms with Crippen LogP contribution in [0.25, 0.3) is 5.69 Å². The van der Waals surface area contributed by atoms with Gasteiger partial charge in [0.25, 0.3) is 15.6 Å². The zero-order valence-corrected chi connectivity index (χ0v) is 15.4. The number of hydrogen-bond donors (Lipinski definition) is 0. The van der Waals surface area contributed by atoms with E-state index in [1.807, 2.05) is 0 Å². The fraction of sp³-hybridized carbons (Fsp3) is 0.222. The normalized spacial score (nSPS) is 14.9. The molecule has 4 rings (SSSR count). The van der Waals surface area contributed by atoms with Gasteiger partial charge in [0.2, 0.25) is 0 Å². The van der Waals surface area contributed by atoms with Crippen LogP contribution in [-0.4, -0.2) is 33.4 Å². The Labute approximate surface area is 155 Å². The molecule has 0 aliphatic carbocycles. The third-order valence-corrected chi connectivity index (χ3v) is 6.33. The molecular formula is C18H17FN4O3S. The molecule has 9 heteroatoms. The summed E-state index contributed by atoms with van der Waals surface area (Å²) in [5.74, 6) is -0.391. The van der Waals surface area contributed by atoms with Crippen molar-refractivity contribution in [3.63, 3.8) is 0 Å². The molecule has 0 bridgehead atoms. The van der Waals surface area contributed by atoms with E-state index in [9.17, 15) is 17.6 Å². The lowest BCUT2D eigenvalue weighted by Gasteiger charge is -2.27. The molecule has 0 amide bonds. The van der Waals surface area contributed by atoms with Crippen LogP contribution in [0.5, 0.6) is 0 Å². The molecule has 0 fully saturated rings. The fourth-order valence-corrected chi connectivity index (χ4v) is 4.55. The number of sulfonamides is 1. The molecule has 2 aromatic heterocycles. The van der Waals surface area contributed by atoms with Crippen molar-refractivity contribution in [1.29, 1.82) is 0 Å². The number of fused-ring (bicyclic) bond motifs is 1. The highest BCUT2D eigenvalue weighted by Gasteiger charge is 2.30. The Balaban J connectivity index is 1.71. The quantitative estimate of drug-likeness (QED) is 0.681. The highest BCUT2D eigenvalue weighted by Crippen LogP contribution is 2.24. The summed E-state index contributed by atoms with van der Waals surface area (Å²) in [4.78, 5) is 16.4. The Morgan fingerprint density at radius 3 is 2.52 bits per heavy atom. The number of pyridine rings is 1. The third kappa shape index (κ3) is 3.19. The summed E-state index contributed by atoms with van der Waals surface area (Å²) < 4.78 is 43.1. The van der Waals surface area contributed by atoms with Crippen molar-refractivity contribution < 1.29 is 12.8 Å². The first kappa shape index (κ1) is 17.6. The Morgan fingerprint density at radius 1 is 1.11 bits per heavy atom. The van der Waals surface area contributed by atoms with Gasteiger partial charge in [0, 0.05) is 44.3 Å². The van der Waals surface area contributed by atoms with E-state index in [1.165, 1.54) is 51.7 Å². The van der Waals surface area contributed by atoms with Crippen LogP contribution in [0.15, 0.2) is 58.9 Å². The van der Waals surface area contributed by atoms with Crippen molar-refractivity contribution in [3.8, 4) is 5.69 Å². The average Bonchev–Trinajstić information content (AvgIpc) is 3.09. The van der Waals surface area contributed by atoms with Crippen LogP contribution >= 0.6 is 0 Å². The van der Waals surface area contributed by atoms with Crippen LogP contribution in [-0.2, 0) is 30.0 Å². The summed E-state index contributed by atoms with van der Waals surface area (Å²) in [5, 5.41) is 0.000283. The Morgan fingerprint density at radius 2 is 1.85 bits per heavy atom. The second-order valence-corrected chi connectivity index (χ2v) is 8.36. The number of hydrogen-bond acceptors (Lipinski definition) is 4. The largest absolute Gasteiger partial charge is 0.339 e. The molecule has 140 valence electrons. The molecule has 3 aromatic rings. The van der Waals surface area contributed by atoms with Gasteiger partial charge >= 0.3 is 0 Å². The van der Waals surface area contributed by atoms with Gasteiger partial charge in [-0.1, -0.05) is 0 Å². The van der Waals surface area contributed by atoms with Crippen molar-refractivity contribution >= 4 is 10.0 Å². The molecule has 0 saturated carbocycles. The molecule has 1 aliphatic heterocycles. The van der Waals surface area contributed by atoms with Crippen LogP contribution in [0.1, 0.15) is 11.1 Å². The standard InChI is InChI=1S/C18H17FN4O3S/c1-21-11-17(20-12-21)27(25,26)22-7-6-13-8-18(24)23(10-14(13)9-22)16-4-2-15(19)3-5-16/h2-5,8,10-12H,6-7,9H2,1H3. The monoisotopic (exact) mass is 388 g/mol. The summed E-state index contributed by atoms with van der Waals surface area (Å²) in [5.41, 5.74) is 1.85. The number of rotatable bonds is 3. The summed E-state index contributed by atoms with van der Waals surface area (Å²) in [6.45, 7) is 0.432. The van der Waals surface area contributed by atoms with Crippen molar-refractivity contribution in [1.82, 2.24) is 18.4 Å². The lowest BCUT2D eigenvalue weighted by Crippen LogP contribution is -2.37. The van der Waals surface area contributed by atoms with Gasteiger partial charge in [-0.25, -0.2) is 17.8 Å². The number of aryl methyl sites for hydroxylation is 1. The molecule has 0 radical (unpaired) electrons. The zero-order valence-electron chi connectivity index (χ0n) is 14.5. The first-order valence-electron chi connectivity index (χ1n) is 8.33. The van der Waals surface area contributed by atoms with E-state index >= 15 is 0 Å². The summed E-state index contributed by atoms with van der Waals surface area (Å²) >= 11 is 0. The van der Waals surface area contributed by atoms with Crippen molar-refractivity contribution in [2.75, 3.05) is 6.54 Å². The molecule has 0 atom stereocenters. The number of imidazole rings is 1. The van der Waals surface area contributed by atoms with E-state index in [4.69, 9.17) is 0 Å². The summed E-state index contributed by atoms with van der Waals surface area (Å²) in [6, 6.07) is 7.09. The molecule has 0 N–H and O–H groups in total. The second-order valence-electron chi connectivity index (χ2n) is 6.47. The maximum atomic E-state index is 13.2. The topological polar surface area (TPSA) is 77.2 Å². The molecule has 27 heavy (non-hydrogen) atoms. The SMILES string of the molecule is Cn1cnc(S(=O)(=O)N2CCc3cc(=O)n(-c4ccc(F)cc4)cc3C2)c1. The number of halogens is 1. The van der Waals surface area contributed by atoms with Crippen LogP contribution in [0.2, 0.25) is 0 Å². The predicted octanol–water partition coefficient (Wildman–Crippen LogP) is 1.46. The molecule has 0 saturated heterocycles. The molecule has 3 heterocycles. The minimum absolute atomic E-state index is 0.000283. The van der Waals surface area contributed by atoms with E-state index in [1.54, 1.807) is 17.8 Å². The van der Waals surface area contributed by atoms with E-state index in [2.05, 4.69) is 4.98 Å². The van der Waals surface area contributed by atoms with Crippen LogP contribution < -0.4 is 5.56 Å². The van der Waals surface area contributed by atoms with Crippen molar-refractivity contribution in [2.45, 2.75) is 18.0 Å². The molecule has 1 aromatic carbocycles. The highest BCUT2D eigenvalue weighted by atomic mass is 32.2. The minimum atomic E-state index is -3.71. The third-order valence-electron chi connectivity index (χ3n) is 4.60. The first-order chi connectivity index (χ1) is 12.8. The predicted molar refractivity (Wildman–Crippen MR) is 96.5 cm³/mol. The lowest BCUT2D eigenvalue weighted by atomic mass is 10.0. The van der Waals surface area contributed by atoms with Gasteiger partial charge in [0.1, 0.15) is 5.82 Å². The summed E-state index contributed by atoms with van der Waals surface area (Å²) in [7, 11) is -2.01. The van der Waals surface area contributed by atoms with Gasteiger partial charge in [-0.15, -0.1) is 0 Å². The van der Waals surface area contributed by atoms with Gasteiger partial charge in [-0.3, -0.25) is 9.36 Å². The molecule has 1 aliphatic rings. The zero-order chi connectivity index (χ0) is 19.2. The second kappa shape index (κ2) is 6.43. The Bertz CT molecular complexity index is 1170. The highest BCUT2D eigenvalue weighted by molar-refractivity contribution is 7.89. The number of nitrogens with zero attached hydrogens (tertiary/aromatic N) is 4. The molecule has 0 spiro atoms. The van der Waals surface area contributed by atoms with Crippen LogP contribution in [0.4, 0.5) is 4.39 Å². The molecule has 7 nitrogen and oxygen atoms in total. The first-order valence-corrected chi connectivity index (χ1v) is 9.77. The van der Waals surface area contributed by atoms with Gasteiger partial charge < -0.3 is 4.57 Å². The van der Waals surface area contributed by atoms with Crippen molar-refractivity contribution in [2.24, 2.45) is 7.05 Å². The fourth-order valence-electron chi connectivity index (χ4n) is 3.17. The van der Waals surface area contributed by atoms with E-state index in [0.717, 1.165) is 11.1 Å². The Kier molecular flexibility index (Phi) is 4.20. The van der Waals surface area contributed by atoms with Crippen molar-refractivity contribution in [3.05, 3.63) is 76.4 Å². The van der Waals surface area contributed by atoms with Crippen LogP contribution in [0, 0.1) is 5.82 Å².